The van der Waals surface area contributed by atoms with Gasteiger partial charge in [0.2, 0.25) is 0 Å². The van der Waals surface area contributed by atoms with E-state index in [2.05, 4.69) is 12.3 Å². The van der Waals surface area contributed by atoms with Gasteiger partial charge in [-0.15, -0.1) is 0 Å². The molecule has 0 fully saturated rings. The number of ether oxygens (including phenoxy) is 1. The summed E-state index contributed by atoms with van der Waals surface area (Å²) in [6, 6.07) is -0.781. The van der Waals surface area contributed by atoms with E-state index in [1.165, 1.54) is 44.9 Å². The van der Waals surface area contributed by atoms with Gasteiger partial charge in [0, 0.05) is 5.97 Å². The Morgan fingerprint density at radius 2 is 1.50 bits per heavy atom. The van der Waals surface area contributed by atoms with E-state index in [9.17, 15) is 14.7 Å². The molecule has 0 unspecified atom stereocenters. The minimum absolute atomic E-state index is 0. The van der Waals surface area contributed by atoms with Gasteiger partial charge in [-0.25, -0.2) is 5.43 Å². The first-order chi connectivity index (χ1) is 11.1. The zero-order valence-corrected chi connectivity index (χ0v) is 17.5. The Bertz CT molecular complexity index is 317. The fraction of sp³-hybridized carbons (Fsp3) is 0.882. The third-order valence-corrected chi connectivity index (χ3v) is 3.87. The van der Waals surface area contributed by atoms with E-state index in [1.807, 2.05) is 0 Å². The minimum atomic E-state index is -1.20. The number of hydrogen-bond acceptors (Lipinski definition) is 6. The Morgan fingerprint density at radius 3 is 1.96 bits per heavy atom. The quantitative estimate of drug-likeness (QED) is 0.119. The zero-order valence-electron chi connectivity index (χ0n) is 15.5. The van der Waals surface area contributed by atoms with Crippen LogP contribution in [0.3, 0.4) is 0 Å². The zero-order chi connectivity index (χ0) is 17.3. The number of carbonyl (C=O) groups excluding carboxylic acids is 2. The van der Waals surface area contributed by atoms with Crippen molar-refractivity contribution in [1.82, 2.24) is 5.43 Å². The van der Waals surface area contributed by atoms with Crippen molar-refractivity contribution in [3.05, 3.63) is 0 Å². The van der Waals surface area contributed by atoms with E-state index in [-0.39, 0.29) is 42.4 Å². The number of nitrogens with one attached hydrogen (secondary N) is 1. The van der Waals surface area contributed by atoms with E-state index in [0.29, 0.717) is 6.61 Å². The molecule has 0 radical (unpaired) electrons. The summed E-state index contributed by atoms with van der Waals surface area (Å²) in [5.74, 6) is 3.53. The summed E-state index contributed by atoms with van der Waals surface area (Å²) in [6.07, 6.45) is 12.0. The molecule has 0 heterocycles. The summed E-state index contributed by atoms with van der Waals surface area (Å²) in [5, 5.41) is 10.4. The summed E-state index contributed by atoms with van der Waals surface area (Å²) in [5.41, 5.74) is 2.28. The van der Waals surface area contributed by atoms with Gasteiger partial charge in [0.1, 0.15) is 6.04 Å². The first kappa shape index (κ1) is 26.1. The average molecular weight is 352 g/mol. The Balaban J connectivity index is 0. The smallest absolute Gasteiger partial charge is 0.550 e. The fourth-order valence-electron chi connectivity index (χ4n) is 2.39. The van der Waals surface area contributed by atoms with Crippen LogP contribution in [0.2, 0.25) is 0 Å². The number of rotatable bonds is 16. The van der Waals surface area contributed by atoms with Gasteiger partial charge >= 0.3 is 35.5 Å². The maximum atomic E-state index is 11.7. The molecular weight excluding hydrogens is 319 g/mol. The van der Waals surface area contributed by atoms with Gasteiger partial charge < -0.3 is 14.6 Å². The van der Waals surface area contributed by atoms with Crippen LogP contribution in [-0.4, -0.2) is 24.6 Å². The second-order valence-corrected chi connectivity index (χ2v) is 5.98. The van der Waals surface area contributed by atoms with Gasteiger partial charge in [-0.05, 0) is 19.3 Å². The maximum absolute atomic E-state index is 11.7. The SMILES string of the molecule is CCCCCCCCCCCCOC(=O)[C@H](CCC(=O)[O-])NN.[Na+]. The Hall–Kier alpha value is -0.140. The molecule has 7 heteroatoms. The first-order valence-electron chi connectivity index (χ1n) is 8.94. The molecule has 0 aromatic rings. The van der Waals surface area contributed by atoms with Crippen molar-refractivity contribution in [2.24, 2.45) is 5.84 Å². The third-order valence-electron chi connectivity index (χ3n) is 3.87. The predicted octanol–water partition coefficient (Wildman–Crippen LogP) is -1.18. The van der Waals surface area contributed by atoms with E-state index < -0.39 is 18.0 Å². The Morgan fingerprint density at radius 1 is 1.00 bits per heavy atom. The molecule has 24 heavy (non-hydrogen) atoms. The first-order valence-corrected chi connectivity index (χ1v) is 8.94. The van der Waals surface area contributed by atoms with Crippen LogP contribution in [-0.2, 0) is 14.3 Å². The van der Waals surface area contributed by atoms with Crippen molar-refractivity contribution in [3.63, 3.8) is 0 Å². The Kier molecular flexibility index (Phi) is 20.9. The Labute approximate surface area is 168 Å². The number of carboxylic acids is 1. The van der Waals surface area contributed by atoms with Crippen LogP contribution in [0.4, 0.5) is 0 Å². The number of nitrogens with two attached hydrogens (primary N) is 1. The number of carbonyl (C=O) groups is 2. The van der Waals surface area contributed by atoms with Gasteiger partial charge in [0.15, 0.2) is 0 Å². The molecule has 0 aromatic heterocycles. The van der Waals surface area contributed by atoms with Crippen molar-refractivity contribution in [2.45, 2.75) is 90.0 Å². The predicted molar refractivity (Wildman–Crippen MR) is 88.2 cm³/mol. The third kappa shape index (κ3) is 16.7. The van der Waals surface area contributed by atoms with Crippen LogP contribution < -0.4 is 45.9 Å². The maximum Gasteiger partial charge on any atom is 1.00 e. The van der Waals surface area contributed by atoms with Crippen molar-refractivity contribution in [1.29, 1.82) is 0 Å². The summed E-state index contributed by atoms with van der Waals surface area (Å²) in [6.45, 7) is 2.58. The molecule has 0 aliphatic carbocycles. The van der Waals surface area contributed by atoms with E-state index >= 15 is 0 Å². The van der Waals surface area contributed by atoms with Gasteiger partial charge in [0.25, 0.3) is 0 Å². The summed E-state index contributed by atoms with van der Waals surface area (Å²) in [7, 11) is 0. The van der Waals surface area contributed by atoms with E-state index in [4.69, 9.17) is 10.6 Å². The minimum Gasteiger partial charge on any atom is -0.550 e. The molecule has 3 N–H and O–H groups in total. The van der Waals surface area contributed by atoms with Crippen LogP contribution in [0.1, 0.15) is 84.0 Å². The number of hydrogen-bond donors (Lipinski definition) is 2. The number of aliphatic carboxylic acids is 1. The normalized spacial score (nSPS) is 11.6. The molecule has 0 saturated carbocycles. The molecule has 0 aliphatic rings. The summed E-state index contributed by atoms with van der Waals surface area (Å²) >= 11 is 0. The van der Waals surface area contributed by atoms with Crippen molar-refractivity contribution in [3.8, 4) is 0 Å². The molecule has 0 spiro atoms. The monoisotopic (exact) mass is 352 g/mol. The van der Waals surface area contributed by atoms with Crippen LogP contribution in [0.25, 0.3) is 0 Å². The van der Waals surface area contributed by atoms with Crippen LogP contribution in [0.15, 0.2) is 0 Å². The molecular formula is C17H33N2NaO4. The molecule has 0 saturated heterocycles. The standard InChI is InChI=1S/C17H34N2O4.Na/c1-2-3-4-5-6-7-8-9-10-11-14-23-17(22)15(19-18)12-13-16(20)21;/h15,19H,2-14,18H2,1H3,(H,20,21);/q;+1/p-1/t15-;/m0./s1. The van der Waals surface area contributed by atoms with Crippen molar-refractivity contribution in [2.75, 3.05) is 6.61 Å². The van der Waals surface area contributed by atoms with Gasteiger partial charge in [-0.3, -0.25) is 10.6 Å². The van der Waals surface area contributed by atoms with Crippen molar-refractivity contribution < 1.29 is 49.0 Å². The second-order valence-electron chi connectivity index (χ2n) is 5.98. The number of carboxylic acid groups (broad SMARTS) is 1. The van der Waals surface area contributed by atoms with E-state index in [1.54, 1.807) is 0 Å². The van der Waals surface area contributed by atoms with Gasteiger partial charge in [-0.1, -0.05) is 64.7 Å². The molecule has 0 bridgehead atoms. The molecule has 136 valence electrons. The summed E-state index contributed by atoms with van der Waals surface area (Å²) < 4.78 is 5.10. The second kappa shape index (κ2) is 19.2. The van der Waals surface area contributed by atoms with Crippen molar-refractivity contribution >= 4 is 11.9 Å². The topological polar surface area (TPSA) is 104 Å². The molecule has 0 aliphatic heterocycles. The van der Waals surface area contributed by atoms with E-state index in [0.717, 1.165) is 19.3 Å². The molecule has 1 atom stereocenters. The van der Waals surface area contributed by atoms with Gasteiger partial charge in [0.05, 0.1) is 6.61 Å². The molecule has 0 amide bonds. The average Bonchev–Trinajstić information content (AvgIpc) is 2.53. The summed E-state index contributed by atoms with van der Waals surface area (Å²) in [4.78, 5) is 22.0. The molecule has 0 aromatic carbocycles. The van der Waals surface area contributed by atoms with Gasteiger partial charge in [-0.2, -0.15) is 0 Å². The van der Waals surface area contributed by atoms with Crippen LogP contribution in [0.5, 0.6) is 0 Å². The number of hydrazine groups is 1. The fourth-order valence-corrected chi connectivity index (χ4v) is 2.39. The molecule has 0 rings (SSSR count). The molecule has 6 nitrogen and oxygen atoms in total. The van der Waals surface area contributed by atoms with Crippen LogP contribution >= 0.6 is 0 Å². The largest absolute Gasteiger partial charge is 1.00 e. The number of esters is 1. The number of unbranched alkanes of at least 4 members (excludes halogenated alkanes) is 9. The van der Waals surface area contributed by atoms with Crippen LogP contribution in [0, 0.1) is 0 Å².